The van der Waals surface area contributed by atoms with Gasteiger partial charge in [-0.2, -0.15) is 0 Å². The zero-order chi connectivity index (χ0) is 36.8. The molecule has 9 rings (SSSR count). The fraction of sp³-hybridized carbons (Fsp3) is 0.200. The van der Waals surface area contributed by atoms with Gasteiger partial charge < -0.3 is 0 Å². The molecule has 0 aromatic rings. The summed E-state index contributed by atoms with van der Waals surface area (Å²) in [6.45, 7) is 0. The van der Waals surface area contributed by atoms with Crippen LogP contribution in [0.15, 0.2) is 109 Å². The average Bonchev–Trinajstić information content (AvgIpc) is 4.02. The molecule has 0 nitrogen and oxygen atoms in total. The molecular formula is C30H20S24. The van der Waals surface area contributed by atoms with Crippen LogP contribution in [0.4, 0.5) is 0 Å². The van der Waals surface area contributed by atoms with Crippen molar-refractivity contribution in [3.63, 3.8) is 0 Å². The van der Waals surface area contributed by atoms with Crippen LogP contribution >= 0.6 is 282 Å². The zero-order valence-electron chi connectivity index (χ0n) is 27.5. The molecule has 0 radical (unpaired) electrons. The van der Waals surface area contributed by atoms with Crippen molar-refractivity contribution in [2.45, 2.75) is 0 Å². The van der Waals surface area contributed by atoms with Crippen LogP contribution in [0.5, 0.6) is 0 Å². The molecule has 0 aromatic heterocycles. The highest BCUT2D eigenvalue weighted by Crippen LogP contribution is 2.73. The van der Waals surface area contributed by atoms with Crippen LogP contribution in [-0.4, -0.2) is 35.2 Å². The Morgan fingerprint density at radius 3 is 0.833 bits per heavy atom. The van der Waals surface area contributed by atoms with E-state index < -0.39 is 0 Å². The lowest BCUT2D eigenvalue weighted by molar-refractivity contribution is 2.05. The van der Waals surface area contributed by atoms with E-state index in [-0.39, 0.29) is 0 Å². The van der Waals surface area contributed by atoms with Crippen LogP contribution in [0.3, 0.4) is 0 Å². The van der Waals surface area contributed by atoms with E-state index in [1.54, 1.807) is 0 Å². The Kier molecular flexibility index (Phi) is 17.4. The summed E-state index contributed by atoms with van der Waals surface area (Å²) in [7, 11) is 0. The molecule has 0 unspecified atom stereocenters. The van der Waals surface area contributed by atoms with Crippen molar-refractivity contribution in [1.82, 2.24) is 0 Å². The predicted octanol–water partition coefficient (Wildman–Crippen LogP) is 20.5. The van der Waals surface area contributed by atoms with Crippen molar-refractivity contribution in [2.75, 3.05) is 35.2 Å². The van der Waals surface area contributed by atoms with Gasteiger partial charge in [0.1, 0.15) is 0 Å². The molecule has 284 valence electrons. The first-order valence-electron chi connectivity index (χ1n) is 14.8. The summed E-state index contributed by atoms with van der Waals surface area (Å²) in [6, 6.07) is 0. The van der Waals surface area contributed by atoms with Crippen LogP contribution < -0.4 is 0 Å². The first kappa shape index (κ1) is 44.5. The highest BCUT2D eigenvalue weighted by atomic mass is 32.3. The predicted molar refractivity (Wildman–Crippen MR) is 304 cm³/mol. The highest BCUT2D eigenvalue weighted by molar-refractivity contribution is 8.52. The normalized spacial score (nSPS) is 24.8. The summed E-state index contributed by atoms with van der Waals surface area (Å²) in [6.07, 6.45) is 18.1. The lowest BCUT2D eigenvalue weighted by atomic mass is 10.6. The summed E-state index contributed by atoms with van der Waals surface area (Å²) in [5.41, 5.74) is 0. The fourth-order valence-electron chi connectivity index (χ4n) is 4.33. The van der Waals surface area contributed by atoms with Crippen LogP contribution in [0.25, 0.3) is 0 Å². The van der Waals surface area contributed by atoms with Gasteiger partial charge in [-0.15, -0.1) is 94.1 Å². The third-order valence-corrected chi connectivity index (χ3v) is 40.2. The molecule has 0 amide bonds. The summed E-state index contributed by atoms with van der Waals surface area (Å²) in [5.74, 6) is 0. The van der Waals surface area contributed by atoms with Gasteiger partial charge in [0.2, 0.25) is 0 Å². The number of thioether (sulfide) groups is 24. The molecule has 54 heavy (non-hydrogen) atoms. The van der Waals surface area contributed by atoms with Gasteiger partial charge in [0.25, 0.3) is 0 Å². The lowest BCUT2D eigenvalue weighted by Crippen LogP contribution is -1.80. The van der Waals surface area contributed by atoms with Gasteiger partial charge in [-0.3, -0.25) is 0 Å². The summed E-state index contributed by atoms with van der Waals surface area (Å²) in [4.78, 5) is 0. The van der Waals surface area contributed by atoms with Crippen molar-refractivity contribution in [1.29, 1.82) is 0 Å². The molecular weight excluding hydrogens is 1130 g/mol. The molecule has 0 atom stereocenters. The van der Waals surface area contributed by atoms with E-state index in [2.05, 4.69) is 49.3 Å². The first-order chi connectivity index (χ1) is 26.5. The van der Waals surface area contributed by atoms with E-state index in [4.69, 9.17) is 0 Å². The molecule has 9 heterocycles. The lowest BCUT2D eigenvalue weighted by Gasteiger charge is -2.09. The molecule has 0 saturated heterocycles. The highest BCUT2D eigenvalue weighted by Gasteiger charge is 2.37. The van der Waals surface area contributed by atoms with Gasteiger partial charge in [-0.1, -0.05) is 188 Å². The van der Waals surface area contributed by atoms with Gasteiger partial charge in [-0.25, -0.2) is 0 Å². The smallest absolute Gasteiger partial charge is 0.0718 e. The second-order valence-electron chi connectivity index (χ2n) is 9.80. The maximum absolute atomic E-state index is 2.36. The zero-order valence-corrected chi connectivity index (χ0v) is 47.1. The quantitative estimate of drug-likeness (QED) is 0.248. The third-order valence-electron chi connectivity index (χ3n) is 6.58. The first-order valence-corrected chi connectivity index (χ1v) is 36.7. The van der Waals surface area contributed by atoms with E-state index in [0.29, 0.717) is 0 Å². The monoisotopic (exact) mass is 1150 g/mol. The molecule has 0 saturated carbocycles. The molecule has 0 aliphatic carbocycles. The summed E-state index contributed by atoms with van der Waals surface area (Å²) >= 11 is 47.1. The molecule has 9 aliphatic rings. The van der Waals surface area contributed by atoms with Crippen LogP contribution in [0, 0.1) is 0 Å². The second-order valence-corrected chi connectivity index (χ2v) is 39.5. The number of rotatable bonds is 6. The average molecular weight is 1150 g/mol. The van der Waals surface area contributed by atoms with Gasteiger partial charge in [0.15, 0.2) is 0 Å². The molecule has 0 N–H and O–H groups in total. The van der Waals surface area contributed by atoms with E-state index >= 15 is 0 Å². The van der Waals surface area contributed by atoms with Gasteiger partial charge in [0.05, 0.1) is 84.7 Å². The Balaban J connectivity index is 0.744. The van der Waals surface area contributed by atoms with Crippen molar-refractivity contribution in [3.05, 3.63) is 109 Å². The van der Waals surface area contributed by atoms with E-state index in [0.717, 1.165) is 10.2 Å². The minimum atomic E-state index is 1.06. The minimum absolute atomic E-state index is 1.06. The molecule has 0 aromatic carbocycles. The third kappa shape index (κ3) is 10.5. The Bertz CT molecular complexity index is 1950. The minimum Gasteiger partial charge on any atom is -0.121 e. The van der Waals surface area contributed by atoms with Crippen LogP contribution in [-0.2, 0) is 0 Å². The van der Waals surface area contributed by atoms with E-state index in [1.165, 1.54) is 84.7 Å². The standard InChI is InChI=1S/C30H20S24/c1-31-15-16(32-2)40-11(39-15)5-7-13-43-25-26(44-13)54-30(53-25)28-49-21-22(50-28)38-10-36-20-19(35-9-37-21)41-12(42-20)6-8-14-45-23-24(46-14)52-29(51-23)27-47-17(33-3)18(34-4)48-27/h5-8H,9-10H2,1-4H3. The van der Waals surface area contributed by atoms with Crippen LogP contribution in [0.2, 0.25) is 0 Å². The largest absolute Gasteiger partial charge is 0.121 e. The SMILES string of the molecule is CSC1=C(SC)SC(=CC=C2SC3=C(S2)SC(=C2SC4=C(SCSC5=C(SCS4)SC(=CC=C4SC6=C(S4)SC(=C4SC(SC)=C(SC)S4)S6)S5)S2)S3)S1. The molecule has 0 spiro atoms. The van der Waals surface area contributed by atoms with Crippen molar-refractivity contribution in [2.24, 2.45) is 0 Å². The second kappa shape index (κ2) is 21.1. The molecule has 0 bridgehead atoms. The van der Waals surface area contributed by atoms with Gasteiger partial charge in [0, 0.05) is 10.2 Å². The number of allylic oxidation sites excluding steroid dienone is 4. The summed E-state index contributed by atoms with van der Waals surface area (Å²) < 4.78 is 29.0. The maximum Gasteiger partial charge on any atom is 0.0718 e. The number of hydrogen-bond acceptors (Lipinski definition) is 24. The van der Waals surface area contributed by atoms with Crippen molar-refractivity contribution in [3.8, 4) is 0 Å². The molecule has 24 heteroatoms. The van der Waals surface area contributed by atoms with E-state index in [1.807, 2.05) is 282 Å². The van der Waals surface area contributed by atoms with Gasteiger partial charge in [-0.05, 0) is 49.3 Å². The van der Waals surface area contributed by atoms with Crippen molar-refractivity contribution < 1.29 is 0 Å². The van der Waals surface area contributed by atoms with Gasteiger partial charge >= 0.3 is 0 Å². The van der Waals surface area contributed by atoms with E-state index in [9.17, 15) is 0 Å². The topological polar surface area (TPSA) is 0 Å². The Morgan fingerprint density at radius 2 is 0.500 bits per heavy atom. The summed E-state index contributed by atoms with van der Waals surface area (Å²) in [5, 5.41) is 2.11. The number of hydrogen-bond donors (Lipinski definition) is 0. The Labute approximate surface area is 419 Å². The van der Waals surface area contributed by atoms with Crippen LogP contribution in [0.1, 0.15) is 0 Å². The molecule has 0 fully saturated rings. The fourth-order valence-corrected chi connectivity index (χ4v) is 39.7. The Morgan fingerprint density at radius 1 is 0.278 bits per heavy atom. The Hall–Kier alpha value is 5.28. The molecule has 9 aliphatic heterocycles. The maximum atomic E-state index is 2.36. The van der Waals surface area contributed by atoms with Crippen molar-refractivity contribution >= 4 is 282 Å².